The highest BCUT2D eigenvalue weighted by Gasteiger charge is 2.60. The van der Waals surface area contributed by atoms with Gasteiger partial charge in [0, 0.05) is 37.9 Å². The monoisotopic (exact) mass is 314 g/mol. The zero-order chi connectivity index (χ0) is 16.2. The van der Waals surface area contributed by atoms with Crippen LogP contribution >= 0.6 is 0 Å². The highest BCUT2D eigenvalue weighted by Crippen LogP contribution is 2.58. The van der Waals surface area contributed by atoms with Crippen molar-refractivity contribution in [3.05, 3.63) is 29.7 Å². The Morgan fingerprint density at radius 2 is 2.26 bits per heavy atom. The number of nitrogens with zero attached hydrogens (tertiary/aromatic N) is 4. The second kappa shape index (κ2) is 5.03. The second-order valence-corrected chi connectivity index (χ2v) is 6.85. The highest BCUT2D eigenvalue weighted by molar-refractivity contribution is 5.95. The Morgan fingerprint density at radius 1 is 1.48 bits per heavy atom. The summed E-state index contributed by atoms with van der Waals surface area (Å²) in [5.74, 6) is 0.0261. The molecule has 2 saturated carbocycles. The van der Waals surface area contributed by atoms with E-state index in [0.29, 0.717) is 11.7 Å². The van der Waals surface area contributed by atoms with Crippen molar-refractivity contribution >= 4 is 11.6 Å². The number of amides is 1. The summed E-state index contributed by atoms with van der Waals surface area (Å²) in [5.41, 5.74) is 2.32. The Bertz CT molecular complexity index is 765. The van der Waals surface area contributed by atoms with E-state index in [9.17, 15) is 4.79 Å². The van der Waals surface area contributed by atoms with E-state index in [1.807, 2.05) is 24.9 Å². The number of carbonyl (C=O) groups is 1. The van der Waals surface area contributed by atoms with Gasteiger partial charge in [0.2, 0.25) is 0 Å². The zero-order valence-electron chi connectivity index (χ0n) is 13.8. The fourth-order valence-corrected chi connectivity index (χ4v) is 4.33. The molecule has 2 fully saturated rings. The summed E-state index contributed by atoms with van der Waals surface area (Å²) < 4.78 is 7.27. The largest absolute Gasteiger partial charge is 0.381 e. The van der Waals surface area contributed by atoms with Crippen LogP contribution < -0.4 is 0 Å². The molecule has 0 N–H and O–H groups in total. The number of aryl methyl sites for hydroxylation is 1. The van der Waals surface area contributed by atoms with E-state index >= 15 is 0 Å². The van der Waals surface area contributed by atoms with Gasteiger partial charge in [0.25, 0.3) is 5.91 Å². The number of rotatable bonds is 3. The van der Waals surface area contributed by atoms with E-state index in [1.54, 1.807) is 24.0 Å². The summed E-state index contributed by atoms with van der Waals surface area (Å²) in [6, 6.07) is 2.10. The topological polar surface area (TPSA) is 59.7 Å². The van der Waals surface area contributed by atoms with E-state index in [-0.39, 0.29) is 17.4 Å². The Balaban J connectivity index is 1.62. The normalized spacial score (nSPS) is 25.2. The van der Waals surface area contributed by atoms with Crippen LogP contribution in [0.4, 0.5) is 0 Å². The SMILES string of the molecule is COC1CC(N(C)C(=O)c2cn3nccc3nc2C)C12CCC2. The molecule has 2 aliphatic carbocycles. The van der Waals surface area contributed by atoms with E-state index < -0.39 is 0 Å². The first-order valence-electron chi connectivity index (χ1n) is 8.18. The van der Waals surface area contributed by atoms with Crippen LogP contribution in [0.5, 0.6) is 0 Å². The van der Waals surface area contributed by atoms with Crippen LogP contribution in [0, 0.1) is 12.3 Å². The van der Waals surface area contributed by atoms with Gasteiger partial charge in [-0.2, -0.15) is 5.10 Å². The van der Waals surface area contributed by atoms with Gasteiger partial charge in [0.1, 0.15) is 0 Å². The molecular formula is C17H22N4O2. The minimum Gasteiger partial charge on any atom is -0.381 e. The molecule has 6 heteroatoms. The predicted octanol–water partition coefficient (Wildman–Crippen LogP) is 2.07. The molecule has 0 radical (unpaired) electrons. The average Bonchev–Trinajstić information content (AvgIpc) is 2.90. The molecule has 0 bridgehead atoms. The Morgan fingerprint density at radius 3 is 2.91 bits per heavy atom. The van der Waals surface area contributed by atoms with Crippen molar-refractivity contribution in [2.45, 2.75) is 44.8 Å². The van der Waals surface area contributed by atoms with Crippen LogP contribution in [0.1, 0.15) is 41.7 Å². The molecule has 2 aliphatic rings. The molecule has 0 saturated heterocycles. The minimum absolute atomic E-state index is 0.0261. The molecule has 2 aromatic rings. The molecule has 0 aromatic carbocycles. The number of carbonyl (C=O) groups excluding carboxylic acids is 1. The van der Waals surface area contributed by atoms with Gasteiger partial charge in [-0.25, -0.2) is 9.50 Å². The summed E-state index contributed by atoms with van der Waals surface area (Å²) >= 11 is 0. The van der Waals surface area contributed by atoms with E-state index in [2.05, 4.69) is 10.1 Å². The third kappa shape index (κ3) is 1.94. The molecule has 2 unspecified atom stereocenters. The van der Waals surface area contributed by atoms with Crippen molar-refractivity contribution in [1.29, 1.82) is 0 Å². The van der Waals surface area contributed by atoms with Gasteiger partial charge in [-0.15, -0.1) is 0 Å². The number of hydrogen-bond acceptors (Lipinski definition) is 4. The molecule has 2 atom stereocenters. The lowest BCUT2D eigenvalue weighted by Crippen LogP contribution is -2.67. The first-order chi connectivity index (χ1) is 11.1. The summed E-state index contributed by atoms with van der Waals surface area (Å²) in [7, 11) is 3.69. The summed E-state index contributed by atoms with van der Waals surface area (Å²) in [6.45, 7) is 1.88. The van der Waals surface area contributed by atoms with Crippen LogP contribution in [0.25, 0.3) is 5.65 Å². The molecule has 1 spiro atoms. The minimum atomic E-state index is 0.0261. The first-order valence-corrected chi connectivity index (χ1v) is 8.18. The van der Waals surface area contributed by atoms with Crippen molar-refractivity contribution in [2.75, 3.05) is 14.2 Å². The van der Waals surface area contributed by atoms with E-state index in [0.717, 1.165) is 30.6 Å². The molecule has 0 aliphatic heterocycles. The number of methoxy groups -OCH3 is 1. The maximum atomic E-state index is 13.0. The smallest absolute Gasteiger partial charge is 0.257 e. The summed E-state index contributed by atoms with van der Waals surface area (Å²) in [4.78, 5) is 19.4. The Kier molecular flexibility index (Phi) is 3.20. The third-order valence-electron chi connectivity index (χ3n) is 5.90. The molecule has 23 heavy (non-hydrogen) atoms. The molecule has 2 heterocycles. The second-order valence-electron chi connectivity index (χ2n) is 6.85. The van der Waals surface area contributed by atoms with Gasteiger partial charge < -0.3 is 9.64 Å². The van der Waals surface area contributed by atoms with Crippen LogP contribution in [0.2, 0.25) is 0 Å². The van der Waals surface area contributed by atoms with Crippen LogP contribution in [0.3, 0.4) is 0 Å². The number of fused-ring (bicyclic) bond motifs is 1. The molecule has 4 rings (SSSR count). The quantitative estimate of drug-likeness (QED) is 0.870. The molecule has 122 valence electrons. The van der Waals surface area contributed by atoms with Crippen molar-refractivity contribution in [3.8, 4) is 0 Å². The van der Waals surface area contributed by atoms with Crippen molar-refractivity contribution in [3.63, 3.8) is 0 Å². The van der Waals surface area contributed by atoms with Gasteiger partial charge in [0.05, 0.1) is 23.6 Å². The highest BCUT2D eigenvalue weighted by atomic mass is 16.5. The van der Waals surface area contributed by atoms with Crippen molar-refractivity contribution < 1.29 is 9.53 Å². The average molecular weight is 314 g/mol. The lowest BCUT2D eigenvalue weighted by Gasteiger charge is -2.62. The lowest BCUT2D eigenvalue weighted by atomic mass is 9.50. The number of aromatic nitrogens is 3. The Labute approximate surface area is 135 Å². The zero-order valence-corrected chi connectivity index (χ0v) is 13.8. The third-order valence-corrected chi connectivity index (χ3v) is 5.90. The van der Waals surface area contributed by atoms with Crippen LogP contribution in [-0.4, -0.2) is 51.7 Å². The van der Waals surface area contributed by atoms with Gasteiger partial charge in [-0.05, 0) is 26.2 Å². The van der Waals surface area contributed by atoms with Crippen molar-refractivity contribution in [1.82, 2.24) is 19.5 Å². The first kappa shape index (κ1) is 14.6. The summed E-state index contributed by atoms with van der Waals surface area (Å²) in [6.07, 6.45) is 8.25. The molecule has 6 nitrogen and oxygen atoms in total. The van der Waals surface area contributed by atoms with Crippen LogP contribution in [-0.2, 0) is 4.74 Å². The fraction of sp³-hybridized carbons (Fsp3) is 0.588. The summed E-state index contributed by atoms with van der Waals surface area (Å²) in [5, 5.41) is 4.19. The van der Waals surface area contributed by atoms with Gasteiger partial charge >= 0.3 is 0 Å². The number of hydrogen-bond donors (Lipinski definition) is 0. The maximum absolute atomic E-state index is 13.0. The predicted molar refractivity (Wildman–Crippen MR) is 85.3 cm³/mol. The van der Waals surface area contributed by atoms with Gasteiger partial charge in [-0.3, -0.25) is 4.79 Å². The standard InChI is InChI=1S/C17H22N4O2/c1-11-12(10-21-15(19-11)5-8-18-21)16(22)20(2)13-9-14(23-3)17(13)6-4-7-17/h5,8,10,13-14H,4,6-7,9H2,1-3H3. The van der Waals surface area contributed by atoms with Gasteiger partial charge in [-0.1, -0.05) is 6.42 Å². The fourth-order valence-electron chi connectivity index (χ4n) is 4.33. The van der Waals surface area contributed by atoms with E-state index in [4.69, 9.17) is 4.74 Å². The lowest BCUT2D eigenvalue weighted by molar-refractivity contribution is -0.182. The molecule has 2 aromatic heterocycles. The number of ether oxygens (including phenoxy) is 1. The van der Waals surface area contributed by atoms with E-state index in [1.165, 1.54) is 6.42 Å². The Hall–Kier alpha value is -1.95. The van der Waals surface area contributed by atoms with Crippen molar-refractivity contribution in [2.24, 2.45) is 5.41 Å². The molecule has 1 amide bonds. The molecular weight excluding hydrogens is 292 g/mol. The maximum Gasteiger partial charge on any atom is 0.257 e. The van der Waals surface area contributed by atoms with Gasteiger partial charge in [0.15, 0.2) is 5.65 Å². The van der Waals surface area contributed by atoms with Crippen LogP contribution in [0.15, 0.2) is 18.5 Å².